The monoisotopic (exact) mass is 232 g/mol. The fourth-order valence-corrected chi connectivity index (χ4v) is 0.452. The molecule has 1 radical (unpaired) electrons. The second kappa shape index (κ2) is 12.9. The van der Waals surface area contributed by atoms with Crippen LogP contribution in [0.4, 0.5) is 0 Å². The first-order valence-corrected chi connectivity index (χ1v) is 2.94. The van der Waals surface area contributed by atoms with Gasteiger partial charge in [-0.25, -0.2) is 0 Å². The summed E-state index contributed by atoms with van der Waals surface area (Å²) in [6.45, 7) is 7.77. The molecule has 0 atom stereocenters. The summed E-state index contributed by atoms with van der Waals surface area (Å²) >= 11 is 0. The Kier molecular flexibility index (Phi) is 20.3. The Hall–Kier alpha value is 0.244. The molecule has 0 aromatic rings. The first kappa shape index (κ1) is 17.4. The molecule has 63 valence electrons. The first-order valence-electron chi connectivity index (χ1n) is 2.94. The van der Waals surface area contributed by atoms with Gasteiger partial charge in [-0.3, -0.25) is 4.79 Å². The molecule has 0 saturated carbocycles. The van der Waals surface area contributed by atoms with E-state index in [1.165, 1.54) is 0 Å². The van der Waals surface area contributed by atoms with Gasteiger partial charge in [0.15, 0.2) is 0 Å². The second-order valence-corrected chi connectivity index (χ2v) is 1.61. The van der Waals surface area contributed by atoms with E-state index in [0.717, 1.165) is 0 Å². The molecule has 1 N–H and O–H groups in total. The van der Waals surface area contributed by atoms with Crippen LogP contribution in [0.5, 0.6) is 0 Å². The van der Waals surface area contributed by atoms with Crippen LogP contribution in [0.3, 0.4) is 0 Å². The maximum absolute atomic E-state index is 10.6. The van der Waals surface area contributed by atoms with Crippen LogP contribution in [-0.4, -0.2) is 25.7 Å². The minimum atomic E-state index is 0. The van der Waals surface area contributed by atoms with Gasteiger partial charge in [0.25, 0.3) is 0 Å². The van der Waals surface area contributed by atoms with E-state index in [-0.39, 0.29) is 46.0 Å². The summed E-state index contributed by atoms with van der Waals surface area (Å²) in [6.07, 6.45) is 0.393. The van der Waals surface area contributed by atoms with E-state index in [4.69, 9.17) is 6.72 Å². The van der Waals surface area contributed by atoms with Crippen LogP contribution in [-0.2, 0) is 37.5 Å². The van der Waals surface area contributed by atoms with Crippen LogP contribution < -0.4 is 5.32 Å². The third-order valence-corrected chi connectivity index (χ3v) is 0.842. The Labute approximate surface area is 93.9 Å². The van der Waals surface area contributed by atoms with Crippen molar-refractivity contribution in [2.75, 3.05) is 13.1 Å². The molecule has 0 aromatic carbocycles. The Balaban J connectivity index is -0.000000320. The fourth-order valence-electron chi connectivity index (χ4n) is 0.452. The number of nitrogens with one attached hydrogen (secondary N) is 1. The molecule has 0 saturated heterocycles. The molecule has 0 rings (SSSR count). The Morgan fingerprint density at radius 2 is 2.18 bits per heavy atom. The molecule has 0 aliphatic carbocycles. The standard InChI is InChI=1S/C6H11N2O.CH4.Y/c1-3-8-6(9)4-5-7-2;;/h2H,3-5H2,1H3,(H,8,9);1H4;/q-1;;. The maximum Gasteiger partial charge on any atom is 0.221 e. The SMILES string of the molecule is C.[CH-]=NCCC(=O)NCC.[Y]. The Bertz CT molecular complexity index is 107. The van der Waals surface area contributed by atoms with E-state index in [1.54, 1.807) is 0 Å². The van der Waals surface area contributed by atoms with Crippen molar-refractivity contribution in [1.82, 2.24) is 5.32 Å². The number of carbonyl (C=O) groups is 1. The molecule has 1 amide bonds. The van der Waals surface area contributed by atoms with Crippen molar-refractivity contribution in [3.8, 4) is 0 Å². The quantitative estimate of drug-likeness (QED) is 0.563. The van der Waals surface area contributed by atoms with Crippen molar-refractivity contribution < 1.29 is 37.5 Å². The molecule has 11 heavy (non-hydrogen) atoms. The summed E-state index contributed by atoms with van der Waals surface area (Å²) < 4.78 is 0. The molecule has 0 spiro atoms. The van der Waals surface area contributed by atoms with Gasteiger partial charge in [-0.1, -0.05) is 7.43 Å². The van der Waals surface area contributed by atoms with E-state index >= 15 is 0 Å². The van der Waals surface area contributed by atoms with E-state index in [2.05, 4.69) is 10.3 Å². The van der Waals surface area contributed by atoms with Crippen LogP contribution in [0, 0.1) is 0 Å². The van der Waals surface area contributed by atoms with Crippen molar-refractivity contribution in [2.45, 2.75) is 20.8 Å². The molecular formula is C7H15N2OY-. The van der Waals surface area contributed by atoms with Crippen molar-refractivity contribution in [1.29, 1.82) is 0 Å². The normalized spacial score (nSPS) is 7.00. The Morgan fingerprint density at radius 3 is 2.55 bits per heavy atom. The zero-order valence-corrected chi connectivity index (χ0v) is 8.97. The van der Waals surface area contributed by atoms with Crippen LogP contribution in [0.25, 0.3) is 0 Å². The number of nitrogens with zero attached hydrogens (tertiary/aromatic N) is 1. The number of carbonyl (C=O) groups excluding carboxylic acids is 1. The summed E-state index contributed by atoms with van der Waals surface area (Å²) in [6, 6.07) is 0. The zero-order valence-electron chi connectivity index (χ0n) is 6.13. The molecule has 0 aromatic heterocycles. The first-order chi connectivity index (χ1) is 4.31. The van der Waals surface area contributed by atoms with Crippen molar-refractivity contribution in [3.05, 3.63) is 0 Å². The van der Waals surface area contributed by atoms with E-state index in [0.29, 0.717) is 19.5 Å². The van der Waals surface area contributed by atoms with Crippen LogP contribution in [0.15, 0.2) is 4.99 Å². The van der Waals surface area contributed by atoms with Gasteiger partial charge in [0, 0.05) is 52.2 Å². The zero-order chi connectivity index (χ0) is 7.11. The topological polar surface area (TPSA) is 41.5 Å². The molecule has 0 aliphatic heterocycles. The summed E-state index contributed by atoms with van der Waals surface area (Å²) in [5.74, 6) is 0.00620. The summed E-state index contributed by atoms with van der Waals surface area (Å²) in [5, 5.41) is 2.63. The van der Waals surface area contributed by atoms with Gasteiger partial charge in [-0.2, -0.15) is 0 Å². The minimum absolute atomic E-state index is 0. The predicted molar refractivity (Wildman–Crippen MR) is 43.4 cm³/mol. The van der Waals surface area contributed by atoms with Gasteiger partial charge in [-0.15, -0.1) is 0 Å². The summed E-state index contributed by atoms with van der Waals surface area (Å²) in [7, 11) is 0. The maximum atomic E-state index is 10.6. The average Bonchev–Trinajstić information content (AvgIpc) is 1.85. The van der Waals surface area contributed by atoms with Gasteiger partial charge < -0.3 is 17.0 Å². The largest absolute Gasteiger partial charge is 0.506 e. The number of rotatable bonds is 4. The second-order valence-electron chi connectivity index (χ2n) is 1.61. The molecular weight excluding hydrogens is 217 g/mol. The molecule has 0 unspecified atom stereocenters. The molecule has 4 heteroatoms. The van der Waals surface area contributed by atoms with E-state index in [1.807, 2.05) is 6.92 Å². The minimum Gasteiger partial charge on any atom is -0.506 e. The molecule has 3 nitrogen and oxygen atoms in total. The van der Waals surface area contributed by atoms with Crippen LogP contribution in [0.1, 0.15) is 20.8 Å². The van der Waals surface area contributed by atoms with Crippen LogP contribution >= 0.6 is 0 Å². The van der Waals surface area contributed by atoms with Gasteiger partial charge in [0.1, 0.15) is 0 Å². The smallest absolute Gasteiger partial charge is 0.221 e. The third-order valence-electron chi connectivity index (χ3n) is 0.842. The third kappa shape index (κ3) is 13.3. The van der Waals surface area contributed by atoms with Gasteiger partial charge in [0.05, 0.1) is 0 Å². The summed E-state index contributed by atoms with van der Waals surface area (Å²) in [5.41, 5.74) is 0. The van der Waals surface area contributed by atoms with Gasteiger partial charge in [-0.05, 0) is 6.92 Å². The van der Waals surface area contributed by atoms with Crippen molar-refractivity contribution in [3.63, 3.8) is 0 Å². The number of hydrogen-bond acceptors (Lipinski definition) is 2. The molecule has 0 fully saturated rings. The fraction of sp³-hybridized carbons (Fsp3) is 0.714. The average molecular weight is 232 g/mol. The van der Waals surface area contributed by atoms with Crippen molar-refractivity contribution in [2.24, 2.45) is 4.99 Å². The molecule has 0 bridgehead atoms. The number of aliphatic imine (C=N–C) groups is 1. The van der Waals surface area contributed by atoms with E-state index in [9.17, 15) is 4.79 Å². The molecule has 0 heterocycles. The van der Waals surface area contributed by atoms with E-state index < -0.39 is 0 Å². The van der Waals surface area contributed by atoms with Gasteiger partial charge >= 0.3 is 0 Å². The number of hydrogen-bond donors (Lipinski definition) is 1. The van der Waals surface area contributed by atoms with Crippen LogP contribution in [0.2, 0.25) is 0 Å². The Morgan fingerprint density at radius 1 is 1.64 bits per heavy atom. The van der Waals surface area contributed by atoms with Crippen molar-refractivity contribution >= 4 is 12.6 Å². The number of amides is 1. The predicted octanol–water partition coefficient (Wildman–Crippen LogP) is 0.724. The molecule has 0 aliphatic rings. The summed E-state index contributed by atoms with van der Waals surface area (Å²) in [4.78, 5) is 13.9. The van der Waals surface area contributed by atoms with Gasteiger partial charge in [0.2, 0.25) is 5.91 Å².